The molecule has 0 saturated heterocycles. The van der Waals surface area contributed by atoms with Crippen LogP contribution >= 0.6 is 27.3 Å². The van der Waals surface area contributed by atoms with Crippen LogP contribution in [0.5, 0.6) is 0 Å². The minimum Gasteiger partial charge on any atom is -0.381 e. The van der Waals surface area contributed by atoms with E-state index >= 15 is 0 Å². The van der Waals surface area contributed by atoms with Gasteiger partial charge in [-0.25, -0.2) is 0 Å². The summed E-state index contributed by atoms with van der Waals surface area (Å²) in [5.74, 6) is 0. The van der Waals surface area contributed by atoms with Crippen LogP contribution in [0.3, 0.4) is 0 Å². The highest BCUT2D eigenvalue weighted by Crippen LogP contribution is 2.37. The van der Waals surface area contributed by atoms with Crippen molar-refractivity contribution in [2.75, 3.05) is 0 Å². The summed E-state index contributed by atoms with van der Waals surface area (Å²) in [6.07, 6.45) is 0. The van der Waals surface area contributed by atoms with Gasteiger partial charge in [0, 0.05) is 15.4 Å². The molecular formula is C14H15BrOS. The smallest absolute Gasteiger partial charge is 0.114 e. The van der Waals surface area contributed by atoms with Gasteiger partial charge in [-0.05, 0) is 53.2 Å². The van der Waals surface area contributed by atoms with Crippen molar-refractivity contribution < 1.29 is 5.11 Å². The van der Waals surface area contributed by atoms with Crippen LogP contribution in [-0.4, -0.2) is 5.11 Å². The fraction of sp³-hybridized carbons (Fsp3) is 0.286. The molecule has 0 aliphatic rings. The fourth-order valence-corrected chi connectivity index (χ4v) is 3.82. The minimum absolute atomic E-state index is 0.927. The number of hydrogen-bond acceptors (Lipinski definition) is 2. The summed E-state index contributed by atoms with van der Waals surface area (Å²) < 4.78 is 0.966. The summed E-state index contributed by atoms with van der Waals surface area (Å²) >= 11 is 5.08. The van der Waals surface area contributed by atoms with Crippen molar-refractivity contribution in [1.29, 1.82) is 0 Å². The number of hydrogen-bond donors (Lipinski definition) is 1. The molecule has 3 heteroatoms. The molecule has 2 rings (SSSR count). The van der Waals surface area contributed by atoms with Gasteiger partial charge in [-0.3, -0.25) is 0 Å². The van der Waals surface area contributed by atoms with E-state index in [2.05, 4.69) is 34.1 Å². The molecule has 1 unspecified atom stereocenters. The summed E-state index contributed by atoms with van der Waals surface area (Å²) in [7, 11) is 0. The number of aliphatic hydroxyl groups is 1. The van der Waals surface area contributed by atoms with Gasteiger partial charge >= 0.3 is 0 Å². The molecule has 0 aliphatic carbocycles. The Labute approximate surface area is 114 Å². The molecule has 0 amide bonds. The molecule has 0 saturated carbocycles. The van der Waals surface area contributed by atoms with Crippen molar-refractivity contribution in [3.63, 3.8) is 0 Å². The minimum atomic E-state index is -0.949. The average molecular weight is 311 g/mol. The Morgan fingerprint density at radius 1 is 1.18 bits per heavy atom. The molecule has 0 bridgehead atoms. The normalized spacial score (nSPS) is 14.6. The van der Waals surface area contributed by atoms with Crippen molar-refractivity contribution in [2.24, 2.45) is 0 Å². The maximum atomic E-state index is 10.8. The van der Waals surface area contributed by atoms with Crippen LogP contribution in [-0.2, 0) is 5.60 Å². The van der Waals surface area contributed by atoms with E-state index in [0.29, 0.717) is 0 Å². The topological polar surface area (TPSA) is 20.2 Å². The molecule has 90 valence electrons. The zero-order chi connectivity index (χ0) is 12.6. The summed E-state index contributed by atoms with van der Waals surface area (Å²) in [4.78, 5) is 0. The third kappa shape index (κ3) is 2.32. The van der Waals surface area contributed by atoms with Gasteiger partial charge in [0.2, 0.25) is 0 Å². The maximum Gasteiger partial charge on any atom is 0.114 e. The van der Waals surface area contributed by atoms with E-state index < -0.39 is 5.60 Å². The SMILES string of the molecule is Cc1ccc(C)c(C(C)(O)c2cscc2Br)c1. The second-order valence-corrected chi connectivity index (χ2v) is 6.12. The first-order valence-corrected chi connectivity index (χ1v) is 7.19. The van der Waals surface area contributed by atoms with E-state index in [1.807, 2.05) is 31.5 Å². The molecule has 0 aliphatic heterocycles. The van der Waals surface area contributed by atoms with Gasteiger partial charge in [0.05, 0.1) is 0 Å². The van der Waals surface area contributed by atoms with Crippen LogP contribution in [0, 0.1) is 13.8 Å². The Kier molecular flexibility index (Phi) is 3.43. The van der Waals surface area contributed by atoms with Crippen LogP contribution in [0.2, 0.25) is 0 Å². The van der Waals surface area contributed by atoms with E-state index in [0.717, 1.165) is 26.7 Å². The third-order valence-corrected chi connectivity index (χ3v) is 4.76. The first-order chi connectivity index (χ1) is 7.93. The molecule has 1 N–H and O–H groups in total. The van der Waals surface area contributed by atoms with Crippen molar-refractivity contribution in [3.8, 4) is 0 Å². The van der Waals surface area contributed by atoms with Crippen molar-refractivity contribution >= 4 is 27.3 Å². The van der Waals surface area contributed by atoms with Crippen molar-refractivity contribution in [1.82, 2.24) is 0 Å². The van der Waals surface area contributed by atoms with E-state index in [-0.39, 0.29) is 0 Å². The van der Waals surface area contributed by atoms with Gasteiger partial charge in [-0.1, -0.05) is 23.8 Å². The number of aryl methyl sites for hydroxylation is 2. The lowest BCUT2D eigenvalue weighted by molar-refractivity contribution is 0.101. The van der Waals surface area contributed by atoms with Gasteiger partial charge in [0.25, 0.3) is 0 Å². The Morgan fingerprint density at radius 2 is 1.88 bits per heavy atom. The Balaban J connectivity index is 2.59. The van der Waals surface area contributed by atoms with E-state index in [1.165, 1.54) is 0 Å². The van der Waals surface area contributed by atoms with Crippen LogP contribution in [0.1, 0.15) is 29.2 Å². The van der Waals surface area contributed by atoms with Gasteiger partial charge in [-0.2, -0.15) is 11.3 Å². The lowest BCUT2D eigenvalue weighted by atomic mass is 9.86. The molecule has 1 atom stereocenters. The molecule has 0 radical (unpaired) electrons. The lowest BCUT2D eigenvalue weighted by Crippen LogP contribution is -2.23. The monoisotopic (exact) mass is 310 g/mol. The van der Waals surface area contributed by atoms with E-state index in [1.54, 1.807) is 11.3 Å². The predicted octanol–water partition coefficient (Wildman–Crippen LogP) is 4.38. The molecule has 1 heterocycles. The molecule has 1 nitrogen and oxygen atoms in total. The third-order valence-electron chi connectivity index (χ3n) is 3.06. The van der Waals surface area contributed by atoms with Crippen LogP contribution in [0.4, 0.5) is 0 Å². The second kappa shape index (κ2) is 4.56. The number of rotatable bonds is 2. The zero-order valence-corrected chi connectivity index (χ0v) is 12.5. The van der Waals surface area contributed by atoms with E-state index in [4.69, 9.17) is 0 Å². The Morgan fingerprint density at radius 3 is 2.47 bits per heavy atom. The van der Waals surface area contributed by atoms with Crippen LogP contribution in [0.25, 0.3) is 0 Å². The van der Waals surface area contributed by atoms with Crippen LogP contribution in [0.15, 0.2) is 33.4 Å². The average Bonchev–Trinajstić information content (AvgIpc) is 2.68. The quantitative estimate of drug-likeness (QED) is 0.872. The number of thiophene rings is 1. The second-order valence-electron chi connectivity index (χ2n) is 4.52. The molecule has 0 fully saturated rings. The van der Waals surface area contributed by atoms with Crippen LogP contribution < -0.4 is 0 Å². The first kappa shape index (κ1) is 12.8. The highest BCUT2D eigenvalue weighted by atomic mass is 79.9. The predicted molar refractivity (Wildman–Crippen MR) is 76.6 cm³/mol. The summed E-state index contributed by atoms with van der Waals surface area (Å²) in [5, 5.41) is 14.8. The van der Waals surface area contributed by atoms with Crippen molar-refractivity contribution in [3.05, 3.63) is 55.7 Å². The van der Waals surface area contributed by atoms with Gasteiger partial charge in [0.15, 0.2) is 0 Å². The molecular weight excluding hydrogens is 296 g/mol. The summed E-state index contributed by atoms with van der Waals surface area (Å²) in [6, 6.07) is 6.18. The molecule has 0 spiro atoms. The summed E-state index contributed by atoms with van der Waals surface area (Å²) in [5.41, 5.74) is 3.22. The van der Waals surface area contributed by atoms with Gasteiger partial charge < -0.3 is 5.11 Å². The largest absolute Gasteiger partial charge is 0.381 e. The van der Waals surface area contributed by atoms with Gasteiger partial charge in [0.1, 0.15) is 5.60 Å². The zero-order valence-electron chi connectivity index (χ0n) is 10.1. The van der Waals surface area contributed by atoms with Gasteiger partial charge in [-0.15, -0.1) is 0 Å². The number of halogens is 1. The maximum absolute atomic E-state index is 10.8. The molecule has 1 aromatic carbocycles. The Bertz CT molecular complexity index is 543. The summed E-state index contributed by atoms with van der Waals surface area (Å²) in [6.45, 7) is 5.92. The van der Waals surface area contributed by atoms with E-state index in [9.17, 15) is 5.11 Å². The molecule has 1 aromatic heterocycles. The molecule has 17 heavy (non-hydrogen) atoms. The lowest BCUT2D eigenvalue weighted by Gasteiger charge is -2.26. The van der Waals surface area contributed by atoms with Crippen molar-refractivity contribution in [2.45, 2.75) is 26.4 Å². The first-order valence-electron chi connectivity index (χ1n) is 5.45. The highest BCUT2D eigenvalue weighted by molar-refractivity contribution is 9.10. The molecule has 2 aromatic rings. The highest BCUT2D eigenvalue weighted by Gasteiger charge is 2.29. The Hall–Kier alpha value is -0.640. The number of benzene rings is 1. The fourth-order valence-electron chi connectivity index (χ4n) is 2.03. The standard InChI is InChI=1S/C14H15BrOS/c1-9-4-5-10(2)11(6-9)14(3,16)12-7-17-8-13(12)15/h4-8,16H,1-3H3.